The van der Waals surface area contributed by atoms with Gasteiger partial charge in [0.2, 0.25) is 5.91 Å². The molecule has 0 aliphatic heterocycles. The first-order valence-corrected chi connectivity index (χ1v) is 15.4. The van der Waals surface area contributed by atoms with Crippen molar-refractivity contribution in [2.75, 3.05) is 12.3 Å². The van der Waals surface area contributed by atoms with Gasteiger partial charge in [-0.25, -0.2) is 0 Å². The van der Waals surface area contributed by atoms with Crippen molar-refractivity contribution in [1.82, 2.24) is 5.32 Å². The van der Waals surface area contributed by atoms with E-state index < -0.39 is 15.9 Å². The monoisotopic (exact) mass is 513 g/mol. The van der Waals surface area contributed by atoms with Crippen LogP contribution in [-0.4, -0.2) is 53.6 Å². The summed E-state index contributed by atoms with van der Waals surface area (Å²) in [6.07, 6.45) is 8.68. The number of aliphatic hydroxyl groups excluding tert-OH is 2. The quantitative estimate of drug-likeness (QED) is 0.384. The molecular weight excluding hydrogens is 466 g/mol. The van der Waals surface area contributed by atoms with Gasteiger partial charge in [0.15, 0.2) is 0 Å². The molecule has 35 heavy (non-hydrogen) atoms. The molecule has 8 heteroatoms. The van der Waals surface area contributed by atoms with E-state index in [1.807, 2.05) is 0 Å². The minimum absolute atomic E-state index is 0.0655. The summed E-state index contributed by atoms with van der Waals surface area (Å²) >= 11 is 0. The lowest BCUT2D eigenvalue weighted by Gasteiger charge is -2.66. The molecule has 0 heterocycles. The van der Waals surface area contributed by atoms with Crippen LogP contribution in [0.3, 0.4) is 0 Å². The Kier molecular flexibility index (Phi) is 7.46. The maximum atomic E-state index is 12.3. The highest BCUT2D eigenvalue weighted by atomic mass is 32.2. The van der Waals surface area contributed by atoms with E-state index in [0.717, 1.165) is 57.8 Å². The fraction of sp³-hybridized carbons (Fsp3) is 0.963. The lowest BCUT2D eigenvalue weighted by molar-refractivity contribution is -0.206. The van der Waals surface area contributed by atoms with E-state index >= 15 is 0 Å². The highest BCUT2D eigenvalue weighted by Gasteiger charge is 2.67. The number of hydrogen-bond acceptors (Lipinski definition) is 5. The van der Waals surface area contributed by atoms with Crippen LogP contribution in [0.25, 0.3) is 0 Å². The fourth-order valence-electron chi connectivity index (χ4n) is 9.58. The van der Waals surface area contributed by atoms with Gasteiger partial charge < -0.3 is 15.5 Å². The molecule has 0 saturated heterocycles. The van der Waals surface area contributed by atoms with Crippen LogP contribution in [0.4, 0.5) is 0 Å². The standard InChI is InChI=1S/C27H47NO6S/c1-17(5-6-23(31)28-13-14-35(32,33)34)20-8-12-27(4)24-21(9-11-26(20,27)3)25(2)10-7-19(29)15-18(25)16-22(24)30/h17-22,24,29-30H,5-16H2,1-4H3,(H,28,31)(H,32,33,34)/t17?,18-,19?,20?,21-,22?,24-,25-,26+,27-/m0/s1. The molecule has 0 radical (unpaired) electrons. The lowest BCUT2D eigenvalue weighted by atomic mass is 9.39. The van der Waals surface area contributed by atoms with Crippen molar-refractivity contribution in [3.63, 3.8) is 0 Å². The van der Waals surface area contributed by atoms with Gasteiger partial charge in [-0.2, -0.15) is 8.42 Å². The fourth-order valence-corrected chi connectivity index (χ4v) is 9.94. The van der Waals surface area contributed by atoms with E-state index in [2.05, 4.69) is 33.0 Å². The second kappa shape index (κ2) is 9.55. The third-order valence-corrected chi connectivity index (χ3v) is 12.5. The van der Waals surface area contributed by atoms with E-state index in [1.54, 1.807) is 0 Å². The molecule has 0 aromatic rings. The Morgan fingerprint density at radius 1 is 1.03 bits per heavy atom. The van der Waals surface area contributed by atoms with Crippen LogP contribution in [0.2, 0.25) is 0 Å². The molecule has 0 bridgehead atoms. The second-order valence-electron chi connectivity index (χ2n) is 13.2. The van der Waals surface area contributed by atoms with Crippen molar-refractivity contribution in [3.05, 3.63) is 0 Å². The van der Waals surface area contributed by atoms with E-state index in [9.17, 15) is 23.4 Å². The van der Waals surface area contributed by atoms with E-state index in [1.165, 1.54) is 0 Å². The summed E-state index contributed by atoms with van der Waals surface area (Å²) in [6, 6.07) is 0. The Morgan fingerprint density at radius 2 is 1.71 bits per heavy atom. The molecule has 4 rings (SSSR count). The van der Waals surface area contributed by atoms with Crippen LogP contribution in [-0.2, 0) is 14.9 Å². The molecule has 4 unspecified atom stereocenters. The van der Waals surface area contributed by atoms with Gasteiger partial charge in [0.25, 0.3) is 10.1 Å². The largest absolute Gasteiger partial charge is 0.393 e. The van der Waals surface area contributed by atoms with Crippen LogP contribution in [0.1, 0.15) is 91.9 Å². The molecule has 4 fully saturated rings. The average molecular weight is 514 g/mol. The minimum atomic E-state index is -4.07. The van der Waals surface area contributed by atoms with Crippen molar-refractivity contribution >= 4 is 16.0 Å². The predicted molar refractivity (Wildman–Crippen MR) is 135 cm³/mol. The molecule has 4 saturated carbocycles. The number of amides is 1. The first kappa shape index (κ1) is 27.3. The molecule has 4 N–H and O–H groups in total. The minimum Gasteiger partial charge on any atom is -0.393 e. The number of carbonyl (C=O) groups is 1. The molecule has 0 spiro atoms. The number of rotatable bonds is 7. The summed E-state index contributed by atoms with van der Waals surface area (Å²) in [5.74, 6) is 1.42. The number of hydrogen-bond donors (Lipinski definition) is 4. The predicted octanol–water partition coefficient (Wildman–Crippen LogP) is 3.79. The Hall–Kier alpha value is -0.700. The zero-order valence-electron chi connectivity index (χ0n) is 22.0. The van der Waals surface area contributed by atoms with Gasteiger partial charge in [-0.15, -0.1) is 0 Å². The first-order valence-electron chi connectivity index (χ1n) is 13.8. The molecule has 0 aromatic heterocycles. The SMILES string of the molecule is CC(CCC(=O)NCCS(=O)(=O)O)C1CC[C@@]2(C)[C@@H]3C(O)C[C@@H]4CC(O)CC[C@]4(C)[C@H]3CC[C@]12C. The molecule has 0 aromatic carbocycles. The Morgan fingerprint density at radius 3 is 2.40 bits per heavy atom. The summed E-state index contributed by atoms with van der Waals surface area (Å²) in [4.78, 5) is 12.3. The maximum Gasteiger partial charge on any atom is 0.266 e. The molecule has 202 valence electrons. The normalized spacial score (nSPS) is 46.3. The number of carbonyl (C=O) groups excluding carboxylic acids is 1. The zero-order valence-corrected chi connectivity index (χ0v) is 22.8. The lowest BCUT2D eigenvalue weighted by Crippen LogP contribution is -2.62. The molecule has 10 atom stereocenters. The molecule has 7 nitrogen and oxygen atoms in total. The maximum absolute atomic E-state index is 12.3. The van der Waals surface area contributed by atoms with Crippen LogP contribution >= 0.6 is 0 Å². The van der Waals surface area contributed by atoms with Gasteiger partial charge >= 0.3 is 0 Å². The number of nitrogens with one attached hydrogen (secondary N) is 1. The van der Waals surface area contributed by atoms with Crippen molar-refractivity contribution in [2.45, 2.75) is 104 Å². The number of fused-ring (bicyclic) bond motifs is 5. The van der Waals surface area contributed by atoms with Gasteiger partial charge in [-0.05, 0) is 104 Å². The highest BCUT2D eigenvalue weighted by molar-refractivity contribution is 7.85. The van der Waals surface area contributed by atoms with Crippen molar-refractivity contribution < 1.29 is 28.0 Å². The van der Waals surface area contributed by atoms with Crippen LogP contribution in [0.15, 0.2) is 0 Å². The van der Waals surface area contributed by atoms with Crippen LogP contribution in [0, 0.1) is 45.8 Å². The van der Waals surface area contributed by atoms with Gasteiger partial charge in [0, 0.05) is 13.0 Å². The molecule has 4 aliphatic carbocycles. The smallest absolute Gasteiger partial charge is 0.266 e. The van der Waals surface area contributed by atoms with Crippen LogP contribution in [0.5, 0.6) is 0 Å². The van der Waals surface area contributed by atoms with E-state index in [-0.39, 0.29) is 40.9 Å². The van der Waals surface area contributed by atoms with Gasteiger partial charge in [0.05, 0.1) is 18.0 Å². The summed E-state index contributed by atoms with van der Waals surface area (Å²) in [5.41, 5.74) is 0.390. The first-order chi connectivity index (χ1) is 16.2. The van der Waals surface area contributed by atoms with E-state index in [0.29, 0.717) is 36.0 Å². The highest BCUT2D eigenvalue weighted by Crippen LogP contribution is 2.73. The van der Waals surface area contributed by atoms with Crippen molar-refractivity contribution in [2.24, 2.45) is 45.8 Å². The molecule has 1 amide bonds. The Bertz CT molecular complexity index is 909. The zero-order chi connectivity index (χ0) is 25.8. The van der Waals surface area contributed by atoms with Crippen LogP contribution < -0.4 is 5.32 Å². The number of aliphatic hydroxyl groups is 2. The third-order valence-electron chi connectivity index (χ3n) is 11.7. The third kappa shape index (κ3) is 4.82. The van der Waals surface area contributed by atoms with E-state index in [4.69, 9.17) is 4.55 Å². The summed E-state index contributed by atoms with van der Waals surface area (Å²) < 4.78 is 30.6. The van der Waals surface area contributed by atoms with Gasteiger partial charge in [-0.3, -0.25) is 9.35 Å². The molecule has 4 aliphatic rings. The second-order valence-corrected chi connectivity index (χ2v) is 14.8. The van der Waals surface area contributed by atoms with Gasteiger partial charge in [0.1, 0.15) is 0 Å². The van der Waals surface area contributed by atoms with Crippen molar-refractivity contribution in [1.29, 1.82) is 0 Å². The topological polar surface area (TPSA) is 124 Å². The van der Waals surface area contributed by atoms with Crippen molar-refractivity contribution in [3.8, 4) is 0 Å². The van der Waals surface area contributed by atoms with Gasteiger partial charge in [-0.1, -0.05) is 27.7 Å². The Labute approximate surface area is 211 Å². The average Bonchev–Trinajstić information content (AvgIpc) is 3.03. The summed E-state index contributed by atoms with van der Waals surface area (Å²) in [7, 11) is -4.07. The molecular formula is C27H47NO6S. The summed E-state index contributed by atoms with van der Waals surface area (Å²) in [5, 5.41) is 24.4. The Balaban J connectivity index is 1.44. The summed E-state index contributed by atoms with van der Waals surface area (Å²) in [6.45, 7) is 9.49.